The molecule has 0 bridgehead atoms. The van der Waals surface area contributed by atoms with Gasteiger partial charge in [0.05, 0.1) is 7.11 Å². The monoisotopic (exact) mass is 304 g/mol. The maximum atomic E-state index is 8.73. The maximum absolute atomic E-state index is 8.73. The standard InChI is InChI=1S/C20H32O2/c1-22-19-13-14-20-17(11-12-18(20)16-19)10-8-6-4-2-3-5-7-9-15-21/h13-14,16-17,21H,2-12,15H2,1H3. The normalized spacial score (nSPS) is 16.7. The number of aryl methyl sites for hydroxylation is 1. The summed E-state index contributed by atoms with van der Waals surface area (Å²) in [5.41, 5.74) is 3.08. The molecule has 1 aromatic rings. The van der Waals surface area contributed by atoms with Crippen LogP contribution in [0.2, 0.25) is 0 Å². The number of benzene rings is 1. The van der Waals surface area contributed by atoms with Crippen molar-refractivity contribution in [2.75, 3.05) is 13.7 Å². The lowest BCUT2D eigenvalue weighted by atomic mass is 9.94. The van der Waals surface area contributed by atoms with Crippen molar-refractivity contribution >= 4 is 0 Å². The third-order valence-corrected chi connectivity index (χ3v) is 5.01. The molecule has 2 nitrogen and oxygen atoms in total. The molecule has 0 radical (unpaired) electrons. The second-order valence-electron chi connectivity index (χ2n) is 6.64. The van der Waals surface area contributed by atoms with Crippen LogP contribution in [-0.2, 0) is 6.42 Å². The quantitative estimate of drug-likeness (QED) is 0.567. The first-order valence-corrected chi connectivity index (χ1v) is 9.13. The summed E-state index contributed by atoms with van der Waals surface area (Å²) >= 11 is 0. The molecular weight excluding hydrogens is 272 g/mol. The van der Waals surface area contributed by atoms with Gasteiger partial charge in [0.25, 0.3) is 0 Å². The average Bonchev–Trinajstić information content (AvgIpc) is 2.95. The van der Waals surface area contributed by atoms with Crippen LogP contribution in [0, 0.1) is 0 Å². The molecule has 1 aliphatic carbocycles. The molecule has 124 valence electrons. The van der Waals surface area contributed by atoms with Gasteiger partial charge in [0.15, 0.2) is 0 Å². The van der Waals surface area contributed by atoms with Crippen LogP contribution < -0.4 is 4.74 Å². The van der Waals surface area contributed by atoms with Crippen molar-refractivity contribution < 1.29 is 9.84 Å². The molecule has 2 heteroatoms. The average molecular weight is 304 g/mol. The van der Waals surface area contributed by atoms with Crippen LogP contribution in [0.4, 0.5) is 0 Å². The molecule has 0 fully saturated rings. The first-order valence-electron chi connectivity index (χ1n) is 9.13. The summed E-state index contributed by atoms with van der Waals surface area (Å²) in [6, 6.07) is 6.62. The highest BCUT2D eigenvalue weighted by atomic mass is 16.5. The van der Waals surface area contributed by atoms with Crippen molar-refractivity contribution in [1.29, 1.82) is 0 Å². The number of aliphatic hydroxyl groups is 1. The van der Waals surface area contributed by atoms with Gasteiger partial charge < -0.3 is 9.84 Å². The van der Waals surface area contributed by atoms with Crippen LogP contribution >= 0.6 is 0 Å². The van der Waals surface area contributed by atoms with Crippen molar-refractivity contribution in [2.24, 2.45) is 0 Å². The van der Waals surface area contributed by atoms with Gasteiger partial charge >= 0.3 is 0 Å². The molecule has 0 saturated heterocycles. The van der Waals surface area contributed by atoms with Gasteiger partial charge in [0.1, 0.15) is 5.75 Å². The van der Waals surface area contributed by atoms with Crippen molar-refractivity contribution in [3.8, 4) is 5.75 Å². The van der Waals surface area contributed by atoms with Gasteiger partial charge in [-0.1, -0.05) is 51.0 Å². The molecule has 0 heterocycles. The Bertz CT molecular complexity index is 428. The van der Waals surface area contributed by atoms with E-state index < -0.39 is 0 Å². The zero-order valence-electron chi connectivity index (χ0n) is 14.2. The summed E-state index contributed by atoms with van der Waals surface area (Å²) in [7, 11) is 1.75. The zero-order valence-corrected chi connectivity index (χ0v) is 14.2. The number of aliphatic hydroxyl groups excluding tert-OH is 1. The number of ether oxygens (including phenoxy) is 1. The number of hydrogen-bond acceptors (Lipinski definition) is 2. The minimum atomic E-state index is 0.356. The summed E-state index contributed by atoms with van der Waals surface area (Å²) in [4.78, 5) is 0. The summed E-state index contributed by atoms with van der Waals surface area (Å²) in [6.45, 7) is 0.356. The minimum Gasteiger partial charge on any atom is -0.497 e. The first-order chi connectivity index (χ1) is 10.8. The Morgan fingerprint density at radius 3 is 2.36 bits per heavy atom. The van der Waals surface area contributed by atoms with E-state index in [0.29, 0.717) is 6.61 Å². The zero-order chi connectivity index (χ0) is 15.6. The van der Waals surface area contributed by atoms with Crippen molar-refractivity contribution in [3.05, 3.63) is 29.3 Å². The summed E-state index contributed by atoms with van der Waals surface area (Å²) in [6.07, 6.45) is 14.2. The Labute approximate surface area is 135 Å². The Kier molecular flexibility index (Phi) is 7.79. The van der Waals surface area contributed by atoms with Crippen molar-refractivity contribution in [3.63, 3.8) is 0 Å². The van der Waals surface area contributed by atoms with Crippen LogP contribution in [0.15, 0.2) is 18.2 Å². The molecule has 0 saturated carbocycles. The summed E-state index contributed by atoms with van der Waals surface area (Å²) in [5.74, 6) is 1.78. The van der Waals surface area contributed by atoms with E-state index in [4.69, 9.17) is 9.84 Å². The fourth-order valence-electron chi connectivity index (χ4n) is 3.67. The lowest BCUT2D eigenvalue weighted by molar-refractivity contribution is 0.282. The molecule has 0 amide bonds. The van der Waals surface area contributed by atoms with Gasteiger partial charge in [-0.2, -0.15) is 0 Å². The van der Waals surface area contributed by atoms with E-state index in [0.717, 1.165) is 18.1 Å². The van der Waals surface area contributed by atoms with Gasteiger partial charge in [-0.15, -0.1) is 0 Å². The lowest BCUT2D eigenvalue weighted by Crippen LogP contribution is -1.94. The lowest BCUT2D eigenvalue weighted by Gasteiger charge is -2.12. The highest BCUT2D eigenvalue weighted by Crippen LogP contribution is 2.38. The van der Waals surface area contributed by atoms with Crippen LogP contribution in [-0.4, -0.2) is 18.8 Å². The van der Waals surface area contributed by atoms with E-state index >= 15 is 0 Å². The second-order valence-corrected chi connectivity index (χ2v) is 6.64. The van der Waals surface area contributed by atoms with Crippen LogP contribution in [0.1, 0.15) is 81.3 Å². The smallest absolute Gasteiger partial charge is 0.119 e. The van der Waals surface area contributed by atoms with Gasteiger partial charge in [0.2, 0.25) is 0 Å². The van der Waals surface area contributed by atoms with Gasteiger partial charge in [-0.05, 0) is 54.9 Å². The molecule has 1 aromatic carbocycles. The fraction of sp³-hybridized carbons (Fsp3) is 0.700. The number of hydrogen-bond donors (Lipinski definition) is 1. The third kappa shape index (κ3) is 5.31. The minimum absolute atomic E-state index is 0.356. The largest absolute Gasteiger partial charge is 0.497 e. The van der Waals surface area contributed by atoms with Gasteiger partial charge in [-0.3, -0.25) is 0 Å². The highest BCUT2D eigenvalue weighted by molar-refractivity contribution is 5.40. The van der Waals surface area contributed by atoms with Crippen molar-refractivity contribution in [2.45, 2.75) is 76.5 Å². The molecule has 1 unspecified atom stereocenters. The SMILES string of the molecule is COc1ccc2c(c1)CCC2CCCCCCCCCCO. The highest BCUT2D eigenvalue weighted by Gasteiger charge is 2.22. The molecule has 1 aliphatic rings. The summed E-state index contributed by atoms with van der Waals surface area (Å²) < 4.78 is 5.32. The van der Waals surface area contributed by atoms with Crippen LogP contribution in [0.5, 0.6) is 5.75 Å². The van der Waals surface area contributed by atoms with E-state index in [1.807, 2.05) is 0 Å². The molecule has 2 rings (SSSR count). The molecule has 0 aromatic heterocycles. The van der Waals surface area contributed by atoms with E-state index in [1.54, 1.807) is 12.7 Å². The Morgan fingerprint density at radius 2 is 1.68 bits per heavy atom. The molecule has 22 heavy (non-hydrogen) atoms. The number of fused-ring (bicyclic) bond motifs is 1. The topological polar surface area (TPSA) is 29.5 Å². The van der Waals surface area contributed by atoms with E-state index in [-0.39, 0.29) is 0 Å². The third-order valence-electron chi connectivity index (χ3n) is 5.01. The molecule has 1 atom stereocenters. The number of unbranched alkanes of at least 4 members (excludes halogenated alkanes) is 7. The Morgan fingerprint density at radius 1 is 1.00 bits per heavy atom. The second kappa shape index (κ2) is 9.89. The molecule has 1 N–H and O–H groups in total. The molecule has 0 spiro atoms. The van der Waals surface area contributed by atoms with E-state index in [2.05, 4.69) is 18.2 Å². The van der Waals surface area contributed by atoms with E-state index in [9.17, 15) is 0 Å². The number of methoxy groups -OCH3 is 1. The summed E-state index contributed by atoms with van der Waals surface area (Å²) in [5, 5.41) is 8.73. The molecule has 0 aliphatic heterocycles. The van der Waals surface area contributed by atoms with Crippen LogP contribution in [0.25, 0.3) is 0 Å². The Balaban J connectivity index is 1.58. The van der Waals surface area contributed by atoms with Crippen LogP contribution in [0.3, 0.4) is 0 Å². The van der Waals surface area contributed by atoms with Crippen molar-refractivity contribution in [1.82, 2.24) is 0 Å². The predicted octanol–water partition coefficient (Wildman–Crippen LogP) is 5.23. The van der Waals surface area contributed by atoms with Gasteiger partial charge in [0, 0.05) is 6.61 Å². The predicted molar refractivity (Wildman–Crippen MR) is 92.7 cm³/mol. The van der Waals surface area contributed by atoms with Gasteiger partial charge in [-0.25, -0.2) is 0 Å². The maximum Gasteiger partial charge on any atom is 0.119 e. The molecular formula is C20H32O2. The van der Waals surface area contributed by atoms with E-state index in [1.165, 1.54) is 69.8 Å². The Hall–Kier alpha value is -1.02. The fourth-order valence-corrected chi connectivity index (χ4v) is 3.67. The number of rotatable bonds is 11. The first kappa shape index (κ1) is 17.3.